The van der Waals surface area contributed by atoms with Gasteiger partial charge in [0.15, 0.2) is 0 Å². The summed E-state index contributed by atoms with van der Waals surface area (Å²) in [5.41, 5.74) is 3.17. The van der Waals surface area contributed by atoms with Gasteiger partial charge in [-0.05, 0) is 86.9 Å². The highest BCUT2D eigenvalue weighted by Gasteiger charge is 2.75. The quantitative estimate of drug-likeness (QED) is 0.657. The predicted molar refractivity (Wildman–Crippen MR) is 136 cm³/mol. The Morgan fingerprint density at radius 2 is 1.71 bits per heavy atom. The molecule has 2 spiro atoms. The van der Waals surface area contributed by atoms with Crippen LogP contribution in [0.4, 0.5) is 9.59 Å². The number of carbonyl (C=O) groups is 2. The SMILES string of the molecule is CN(C)C(=O)N[C@@H]1CCC2(CCN(C3CC4CCC5N(C(=O)N(C)C)C45C3)CC2)c2ccccc21. The highest BCUT2D eigenvalue weighted by atomic mass is 16.2. The Morgan fingerprint density at radius 3 is 2.43 bits per heavy atom. The third-order valence-electron chi connectivity index (χ3n) is 10.3. The monoisotopic (exact) mass is 479 g/mol. The second kappa shape index (κ2) is 8.12. The standard InChI is InChI=1S/C28H41N5O2/c1-30(2)25(34)29-23-11-12-27(22-8-6-5-7-21(22)23)13-15-32(16-14-27)20-17-19-9-10-24-28(19,18-20)33(24)26(35)31(3)4/h5-8,19-20,23-24H,9-18H2,1-4H3,(H,29,34)/t19?,20?,23-,24?,28?,33?/m1/s1. The van der Waals surface area contributed by atoms with Crippen LogP contribution < -0.4 is 5.32 Å². The van der Waals surface area contributed by atoms with Gasteiger partial charge in [0.25, 0.3) is 0 Å². The molecule has 7 heteroatoms. The van der Waals surface area contributed by atoms with Crippen molar-refractivity contribution in [3.05, 3.63) is 35.4 Å². The molecule has 1 aromatic rings. The minimum absolute atomic E-state index is 0.0121. The Kier molecular flexibility index (Phi) is 5.37. The molecular formula is C28H41N5O2. The first kappa shape index (κ1) is 23.1. The normalized spacial score (nSPS) is 34.7. The van der Waals surface area contributed by atoms with Crippen molar-refractivity contribution >= 4 is 12.1 Å². The van der Waals surface area contributed by atoms with E-state index in [-0.39, 0.29) is 29.1 Å². The molecule has 2 heterocycles. The number of piperidine rings is 2. The van der Waals surface area contributed by atoms with Gasteiger partial charge in [0, 0.05) is 34.2 Å². The van der Waals surface area contributed by atoms with Crippen molar-refractivity contribution in [2.75, 3.05) is 41.3 Å². The minimum atomic E-state index is -0.0121. The van der Waals surface area contributed by atoms with Crippen LogP contribution >= 0.6 is 0 Å². The molecule has 0 bridgehead atoms. The van der Waals surface area contributed by atoms with Crippen molar-refractivity contribution in [1.82, 2.24) is 24.9 Å². The second-order valence-electron chi connectivity index (χ2n) is 12.3. The van der Waals surface area contributed by atoms with E-state index in [1.807, 2.05) is 14.1 Å². The number of rotatable bonds is 2. The van der Waals surface area contributed by atoms with Crippen molar-refractivity contribution in [1.29, 1.82) is 0 Å². The average molecular weight is 480 g/mol. The topological polar surface area (TPSA) is 58.9 Å². The van der Waals surface area contributed by atoms with Gasteiger partial charge < -0.3 is 24.9 Å². The number of hydrogen-bond donors (Lipinski definition) is 1. The van der Waals surface area contributed by atoms with Gasteiger partial charge in [-0.2, -0.15) is 0 Å². The number of carbonyl (C=O) groups excluding carboxylic acids is 2. The summed E-state index contributed by atoms with van der Waals surface area (Å²) in [5, 5.41) is 3.24. The summed E-state index contributed by atoms with van der Waals surface area (Å²) in [6, 6.07) is 10.2. The van der Waals surface area contributed by atoms with Gasteiger partial charge in [-0.1, -0.05) is 24.3 Å². The molecule has 6 rings (SSSR count). The van der Waals surface area contributed by atoms with Crippen molar-refractivity contribution < 1.29 is 9.59 Å². The lowest BCUT2D eigenvalue weighted by molar-refractivity contribution is 0.0996. The minimum Gasteiger partial charge on any atom is -0.331 e. The number of likely N-dealkylation sites (tertiary alicyclic amines) is 2. The van der Waals surface area contributed by atoms with E-state index >= 15 is 0 Å². The summed E-state index contributed by atoms with van der Waals surface area (Å²) in [7, 11) is 7.38. The van der Waals surface area contributed by atoms with Gasteiger partial charge in [-0.25, -0.2) is 9.59 Å². The number of urea groups is 2. The Bertz CT molecular complexity index is 1020. The maximum absolute atomic E-state index is 12.8. The fourth-order valence-electron chi connectivity index (χ4n) is 8.44. The molecule has 0 aromatic heterocycles. The predicted octanol–water partition coefficient (Wildman–Crippen LogP) is 3.80. The van der Waals surface area contributed by atoms with Crippen LogP contribution in [0.1, 0.15) is 68.5 Å². The average Bonchev–Trinajstić information content (AvgIpc) is 3.11. The van der Waals surface area contributed by atoms with Crippen LogP contribution in [0.2, 0.25) is 0 Å². The first-order chi connectivity index (χ1) is 16.8. The molecule has 2 saturated carbocycles. The molecule has 190 valence electrons. The number of nitrogens with one attached hydrogen (secondary N) is 1. The molecule has 35 heavy (non-hydrogen) atoms. The third-order valence-corrected chi connectivity index (χ3v) is 10.3. The fourth-order valence-corrected chi connectivity index (χ4v) is 8.44. The lowest BCUT2D eigenvalue weighted by Crippen LogP contribution is -2.49. The van der Waals surface area contributed by atoms with Crippen molar-refractivity contribution in [2.24, 2.45) is 5.92 Å². The summed E-state index contributed by atoms with van der Waals surface area (Å²) in [6.45, 7) is 2.28. The van der Waals surface area contributed by atoms with Crippen LogP contribution in [0.5, 0.6) is 0 Å². The lowest BCUT2D eigenvalue weighted by Gasteiger charge is -2.48. The smallest absolute Gasteiger partial charge is 0.320 e. The summed E-state index contributed by atoms with van der Waals surface area (Å²) >= 11 is 0. The molecule has 2 aliphatic heterocycles. The van der Waals surface area contributed by atoms with Crippen LogP contribution in [-0.2, 0) is 5.41 Å². The maximum atomic E-state index is 12.8. The van der Waals surface area contributed by atoms with Gasteiger partial charge in [0.05, 0.1) is 17.6 Å². The zero-order valence-corrected chi connectivity index (χ0v) is 21.8. The van der Waals surface area contributed by atoms with Crippen molar-refractivity contribution in [3.8, 4) is 0 Å². The van der Waals surface area contributed by atoms with Crippen LogP contribution in [0, 0.1) is 5.92 Å². The molecule has 1 aromatic carbocycles. The molecule has 7 nitrogen and oxygen atoms in total. The fraction of sp³-hybridized carbons (Fsp3) is 0.714. The largest absolute Gasteiger partial charge is 0.331 e. The number of benzene rings is 1. The second-order valence-corrected chi connectivity index (χ2v) is 12.3. The number of fused-ring (bicyclic) bond motifs is 2. The molecule has 0 radical (unpaired) electrons. The lowest BCUT2D eigenvalue weighted by atomic mass is 9.63. The molecule has 1 N–H and O–H groups in total. The van der Waals surface area contributed by atoms with E-state index in [0.29, 0.717) is 18.0 Å². The summed E-state index contributed by atoms with van der Waals surface area (Å²) in [6.07, 6.45) is 9.45. The molecule has 5 aliphatic rings. The summed E-state index contributed by atoms with van der Waals surface area (Å²) in [4.78, 5) is 33.5. The molecule has 2 saturated heterocycles. The summed E-state index contributed by atoms with van der Waals surface area (Å²) < 4.78 is 0. The molecule has 4 fully saturated rings. The zero-order chi connectivity index (χ0) is 24.5. The summed E-state index contributed by atoms with van der Waals surface area (Å²) in [5.74, 6) is 0.689. The zero-order valence-electron chi connectivity index (χ0n) is 21.8. The van der Waals surface area contributed by atoms with Gasteiger partial charge in [0.2, 0.25) is 0 Å². The van der Waals surface area contributed by atoms with E-state index in [1.165, 1.54) is 49.7 Å². The third kappa shape index (κ3) is 3.40. The van der Waals surface area contributed by atoms with E-state index in [1.54, 1.807) is 23.9 Å². The Hall–Kier alpha value is -2.28. The number of nitrogens with zero attached hydrogens (tertiary/aromatic N) is 4. The highest BCUT2D eigenvalue weighted by Crippen LogP contribution is 2.65. The Morgan fingerprint density at radius 1 is 0.971 bits per heavy atom. The first-order valence-corrected chi connectivity index (χ1v) is 13.6. The van der Waals surface area contributed by atoms with Crippen molar-refractivity contribution in [2.45, 2.75) is 80.4 Å². The van der Waals surface area contributed by atoms with E-state index < -0.39 is 0 Å². The first-order valence-electron chi connectivity index (χ1n) is 13.6. The molecule has 3 aliphatic carbocycles. The van der Waals surface area contributed by atoms with E-state index in [2.05, 4.69) is 39.4 Å². The molecule has 4 amide bonds. The molecule has 5 atom stereocenters. The van der Waals surface area contributed by atoms with Gasteiger partial charge in [-0.15, -0.1) is 0 Å². The van der Waals surface area contributed by atoms with Gasteiger partial charge in [-0.3, -0.25) is 0 Å². The van der Waals surface area contributed by atoms with Crippen LogP contribution in [0.25, 0.3) is 0 Å². The van der Waals surface area contributed by atoms with E-state index in [4.69, 9.17) is 0 Å². The van der Waals surface area contributed by atoms with E-state index in [0.717, 1.165) is 25.9 Å². The Balaban J connectivity index is 1.14. The van der Waals surface area contributed by atoms with Crippen LogP contribution in [0.15, 0.2) is 24.3 Å². The maximum Gasteiger partial charge on any atom is 0.320 e. The highest BCUT2D eigenvalue weighted by molar-refractivity contribution is 5.80. The number of hydrogen-bond acceptors (Lipinski definition) is 3. The van der Waals surface area contributed by atoms with Gasteiger partial charge >= 0.3 is 12.1 Å². The van der Waals surface area contributed by atoms with Crippen molar-refractivity contribution in [3.63, 3.8) is 0 Å². The molecule has 4 unspecified atom stereocenters. The van der Waals surface area contributed by atoms with E-state index in [9.17, 15) is 9.59 Å². The van der Waals surface area contributed by atoms with Crippen LogP contribution in [0.3, 0.4) is 0 Å². The molecular weight excluding hydrogens is 438 g/mol. The Labute approximate surface area is 209 Å². The van der Waals surface area contributed by atoms with Crippen LogP contribution in [-0.4, -0.2) is 90.6 Å². The number of amides is 4. The van der Waals surface area contributed by atoms with Gasteiger partial charge in [0.1, 0.15) is 0 Å².